The predicted octanol–water partition coefficient (Wildman–Crippen LogP) is 2.22. The standard InChI is InChI=1S/C16H12N4O4S2/c21-13-12(16(23)24)14-11(1-2-25-14)20(15(13)22)6-9-3-18-19(5-9)7-10-4-17-8-26-10/h1-5,8,21H,6-7H2,(H,23,24). The molecule has 0 fully saturated rings. The highest BCUT2D eigenvalue weighted by Gasteiger charge is 2.22. The Bertz CT molecular complexity index is 1160. The lowest BCUT2D eigenvalue weighted by molar-refractivity contribution is 0.0695. The molecule has 0 bridgehead atoms. The fourth-order valence-corrected chi connectivity index (χ4v) is 4.27. The molecule has 4 aromatic heterocycles. The molecule has 4 rings (SSSR count). The maximum Gasteiger partial charge on any atom is 0.341 e. The molecule has 26 heavy (non-hydrogen) atoms. The van der Waals surface area contributed by atoms with Gasteiger partial charge in [-0.25, -0.2) is 4.79 Å². The van der Waals surface area contributed by atoms with E-state index in [1.807, 2.05) is 6.20 Å². The van der Waals surface area contributed by atoms with Crippen LogP contribution in [0.15, 0.2) is 40.3 Å². The molecular weight excluding hydrogens is 376 g/mol. The highest BCUT2D eigenvalue weighted by Crippen LogP contribution is 2.29. The number of carboxylic acid groups (broad SMARTS) is 1. The van der Waals surface area contributed by atoms with Crippen LogP contribution in [-0.4, -0.2) is 35.5 Å². The van der Waals surface area contributed by atoms with Gasteiger partial charge in [-0.3, -0.25) is 19.0 Å². The molecule has 0 aliphatic rings. The molecule has 2 N–H and O–H groups in total. The summed E-state index contributed by atoms with van der Waals surface area (Å²) < 4.78 is 3.47. The second kappa shape index (κ2) is 6.39. The number of thiophene rings is 1. The number of aromatic nitrogens is 4. The summed E-state index contributed by atoms with van der Waals surface area (Å²) >= 11 is 2.70. The molecule has 0 aliphatic carbocycles. The number of hydrogen-bond acceptors (Lipinski definition) is 7. The van der Waals surface area contributed by atoms with Gasteiger partial charge in [0.1, 0.15) is 5.56 Å². The van der Waals surface area contributed by atoms with E-state index < -0.39 is 17.3 Å². The first-order chi connectivity index (χ1) is 12.5. The van der Waals surface area contributed by atoms with Crippen molar-refractivity contribution in [3.8, 4) is 5.75 Å². The summed E-state index contributed by atoms with van der Waals surface area (Å²) in [6.07, 6.45) is 5.23. The summed E-state index contributed by atoms with van der Waals surface area (Å²) in [4.78, 5) is 29.0. The summed E-state index contributed by atoms with van der Waals surface area (Å²) in [5.41, 5.74) is 1.91. The van der Waals surface area contributed by atoms with Gasteiger partial charge >= 0.3 is 5.97 Å². The number of carbonyl (C=O) groups is 1. The Hall–Kier alpha value is -2.98. The van der Waals surface area contributed by atoms with Crippen LogP contribution < -0.4 is 5.56 Å². The molecule has 0 aromatic carbocycles. The summed E-state index contributed by atoms with van der Waals surface area (Å²) in [5, 5.41) is 25.4. The van der Waals surface area contributed by atoms with Crippen LogP contribution in [0.4, 0.5) is 0 Å². The first kappa shape index (κ1) is 16.5. The summed E-state index contributed by atoms with van der Waals surface area (Å²) in [6.45, 7) is 0.763. The molecule has 0 atom stereocenters. The van der Waals surface area contributed by atoms with Crippen LogP contribution in [0.3, 0.4) is 0 Å². The molecule has 0 saturated heterocycles. The van der Waals surface area contributed by atoms with Crippen molar-refractivity contribution in [2.24, 2.45) is 0 Å². The monoisotopic (exact) mass is 388 g/mol. The number of thiazole rings is 1. The molecule has 0 aliphatic heterocycles. The number of hydrogen-bond donors (Lipinski definition) is 2. The van der Waals surface area contributed by atoms with Gasteiger partial charge in [0.25, 0.3) is 5.56 Å². The molecule has 8 nitrogen and oxygen atoms in total. The van der Waals surface area contributed by atoms with Crippen LogP contribution in [0.25, 0.3) is 10.2 Å². The highest BCUT2D eigenvalue weighted by molar-refractivity contribution is 7.17. The minimum Gasteiger partial charge on any atom is -0.502 e. The average molecular weight is 388 g/mol. The second-order valence-corrected chi connectivity index (χ2v) is 7.46. The zero-order chi connectivity index (χ0) is 18.3. The highest BCUT2D eigenvalue weighted by atomic mass is 32.1. The van der Waals surface area contributed by atoms with Gasteiger partial charge in [0, 0.05) is 22.8 Å². The van der Waals surface area contributed by atoms with E-state index in [4.69, 9.17) is 0 Å². The van der Waals surface area contributed by atoms with Crippen molar-refractivity contribution in [2.45, 2.75) is 13.1 Å². The third-order valence-electron chi connectivity index (χ3n) is 3.89. The number of aromatic hydroxyl groups is 1. The van der Waals surface area contributed by atoms with Gasteiger partial charge in [-0.15, -0.1) is 22.7 Å². The molecule has 0 radical (unpaired) electrons. The van der Waals surface area contributed by atoms with Crippen molar-refractivity contribution < 1.29 is 15.0 Å². The van der Waals surface area contributed by atoms with E-state index in [2.05, 4.69) is 10.1 Å². The van der Waals surface area contributed by atoms with Crippen LogP contribution in [0.5, 0.6) is 5.75 Å². The zero-order valence-corrected chi connectivity index (χ0v) is 14.8. The van der Waals surface area contributed by atoms with E-state index in [0.717, 1.165) is 10.4 Å². The lowest BCUT2D eigenvalue weighted by atomic mass is 10.2. The minimum atomic E-state index is -1.32. The van der Waals surface area contributed by atoms with Crippen LogP contribution in [-0.2, 0) is 13.1 Å². The van der Waals surface area contributed by atoms with Crippen LogP contribution >= 0.6 is 22.7 Å². The van der Waals surface area contributed by atoms with Gasteiger partial charge < -0.3 is 10.2 Å². The Kier molecular flexibility index (Phi) is 4.05. The SMILES string of the molecule is O=C(O)c1c(O)c(=O)n(Cc2cnn(Cc3cncs3)c2)c2ccsc12. The van der Waals surface area contributed by atoms with Gasteiger partial charge in [0.2, 0.25) is 0 Å². The van der Waals surface area contributed by atoms with E-state index in [9.17, 15) is 19.8 Å². The summed E-state index contributed by atoms with van der Waals surface area (Å²) in [5.74, 6) is -2.07. The quantitative estimate of drug-likeness (QED) is 0.542. The van der Waals surface area contributed by atoms with Gasteiger partial charge in [0.05, 0.1) is 35.0 Å². The smallest absolute Gasteiger partial charge is 0.341 e. The maximum atomic E-state index is 12.5. The topological polar surface area (TPSA) is 110 Å². The van der Waals surface area contributed by atoms with E-state index in [-0.39, 0.29) is 12.1 Å². The van der Waals surface area contributed by atoms with E-state index in [1.165, 1.54) is 27.2 Å². The Morgan fingerprint density at radius 3 is 2.81 bits per heavy atom. The van der Waals surface area contributed by atoms with Gasteiger partial charge in [-0.05, 0) is 11.4 Å². The largest absolute Gasteiger partial charge is 0.502 e. The molecule has 4 heterocycles. The molecule has 4 aromatic rings. The Morgan fingerprint density at radius 1 is 1.23 bits per heavy atom. The van der Waals surface area contributed by atoms with Gasteiger partial charge in [-0.2, -0.15) is 5.10 Å². The normalized spacial score (nSPS) is 11.2. The van der Waals surface area contributed by atoms with Gasteiger partial charge in [0.15, 0.2) is 5.75 Å². The van der Waals surface area contributed by atoms with Crippen molar-refractivity contribution in [1.82, 2.24) is 19.3 Å². The third-order valence-corrected chi connectivity index (χ3v) is 5.57. The lowest BCUT2D eigenvalue weighted by Gasteiger charge is -2.09. The second-order valence-electron chi connectivity index (χ2n) is 5.57. The summed E-state index contributed by atoms with van der Waals surface area (Å²) in [7, 11) is 0. The Labute approximate surface area is 154 Å². The first-order valence-corrected chi connectivity index (χ1v) is 9.25. The van der Waals surface area contributed by atoms with Gasteiger partial charge in [-0.1, -0.05) is 0 Å². The van der Waals surface area contributed by atoms with Crippen molar-refractivity contribution in [3.05, 3.63) is 61.9 Å². The molecule has 10 heteroatoms. The number of aromatic carboxylic acids is 1. The van der Waals surface area contributed by atoms with Crippen molar-refractivity contribution in [2.75, 3.05) is 0 Å². The molecule has 0 unspecified atom stereocenters. The van der Waals surface area contributed by atoms with Crippen molar-refractivity contribution in [1.29, 1.82) is 0 Å². The number of pyridine rings is 1. The molecule has 132 valence electrons. The van der Waals surface area contributed by atoms with E-state index >= 15 is 0 Å². The van der Waals surface area contributed by atoms with Crippen LogP contribution in [0.2, 0.25) is 0 Å². The molecule has 0 spiro atoms. The maximum absolute atomic E-state index is 12.5. The molecule has 0 amide bonds. The lowest BCUT2D eigenvalue weighted by Crippen LogP contribution is -2.22. The number of rotatable bonds is 5. The zero-order valence-electron chi connectivity index (χ0n) is 13.2. The van der Waals surface area contributed by atoms with Crippen molar-refractivity contribution >= 4 is 38.9 Å². The average Bonchev–Trinajstić information content (AvgIpc) is 3.34. The molecular formula is C16H12N4O4S2. The van der Waals surface area contributed by atoms with Crippen molar-refractivity contribution in [3.63, 3.8) is 0 Å². The Morgan fingerprint density at radius 2 is 2.08 bits per heavy atom. The first-order valence-electron chi connectivity index (χ1n) is 7.49. The Balaban J connectivity index is 1.72. The fourth-order valence-electron chi connectivity index (χ4n) is 2.75. The number of nitrogens with zero attached hydrogens (tertiary/aromatic N) is 4. The van der Waals surface area contributed by atoms with E-state index in [1.54, 1.807) is 34.0 Å². The van der Waals surface area contributed by atoms with Crippen LogP contribution in [0.1, 0.15) is 20.8 Å². The molecule has 0 saturated carbocycles. The predicted molar refractivity (Wildman–Crippen MR) is 97.3 cm³/mol. The number of carboxylic acids is 1. The minimum absolute atomic E-state index is 0.183. The van der Waals surface area contributed by atoms with Crippen LogP contribution in [0, 0.1) is 0 Å². The third kappa shape index (κ3) is 2.78. The fraction of sp³-hybridized carbons (Fsp3) is 0.125. The summed E-state index contributed by atoms with van der Waals surface area (Å²) in [6, 6.07) is 1.68. The van der Waals surface area contributed by atoms with E-state index in [0.29, 0.717) is 16.8 Å². The number of fused-ring (bicyclic) bond motifs is 1.